The molecule has 1 saturated heterocycles. The van der Waals surface area contributed by atoms with Crippen LogP contribution in [0.15, 0.2) is 24.3 Å². The molecule has 116 valence electrons. The molecule has 1 aliphatic rings. The monoisotopic (exact) mass is 300 g/mol. The molecule has 0 bridgehead atoms. The van der Waals surface area contributed by atoms with Gasteiger partial charge in [0.2, 0.25) is 5.91 Å². The molecule has 0 spiro atoms. The van der Waals surface area contributed by atoms with Crippen molar-refractivity contribution in [2.45, 2.75) is 44.4 Å². The van der Waals surface area contributed by atoms with Crippen LogP contribution in [0.25, 0.3) is 0 Å². The molecular weight excluding hydrogens is 281 g/mol. The van der Waals surface area contributed by atoms with E-state index in [9.17, 15) is 18.0 Å². The van der Waals surface area contributed by atoms with Crippen molar-refractivity contribution < 1.29 is 18.0 Å². The molecule has 0 saturated carbocycles. The van der Waals surface area contributed by atoms with E-state index in [-0.39, 0.29) is 18.0 Å². The van der Waals surface area contributed by atoms with Gasteiger partial charge in [-0.1, -0.05) is 18.6 Å². The number of carbonyl (C=O) groups is 1. The lowest BCUT2D eigenvalue weighted by molar-refractivity contribution is -0.137. The quantitative estimate of drug-likeness (QED) is 0.901. The van der Waals surface area contributed by atoms with E-state index in [1.807, 2.05) is 0 Å². The van der Waals surface area contributed by atoms with Crippen LogP contribution in [-0.4, -0.2) is 18.5 Å². The second-order valence-corrected chi connectivity index (χ2v) is 5.35. The molecule has 1 aromatic rings. The Bertz CT molecular complexity index is 479. The van der Waals surface area contributed by atoms with Crippen molar-refractivity contribution in [3.63, 3.8) is 0 Å². The topological polar surface area (TPSA) is 41.1 Å². The second kappa shape index (κ2) is 6.47. The van der Waals surface area contributed by atoms with Gasteiger partial charge >= 0.3 is 6.18 Å². The van der Waals surface area contributed by atoms with E-state index in [4.69, 9.17) is 0 Å². The summed E-state index contributed by atoms with van der Waals surface area (Å²) < 4.78 is 37.5. The van der Waals surface area contributed by atoms with Gasteiger partial charge in [-0.05, 0) is 44.0 Å². The summed E-state index contributed by atoms with van der Waals surface area (Å²) in [6.07, 6.45) is -1.46. The largest absolute Gasteiger partial charge is 0.416 e. The third-order valence-electron chi connectivity index (χ3n) is 3.72. The smallest absolute Gasteiger partial charge is 0.348 e. The molecule has 0 aliphatic carbocycles. The minimum Gasteiger partial charge on any atom is -0.348 e. The van der Waals surface area contributed by atoms with Crippen LogP contribution >= 0.6 is 0 Å². The van der Waals surface area contributed by atoms with Crippen LogP contribution in [0.5, 0.6) is 0 Å². The molecule has 0 radical (unpaired) electrons. The van der Waals surface area contributed by atoms with Crippen molar-refractivity contribution >= 4 is 5.91 Å². The Labute approximate surface area is 121 Å². The van der Waals surface area contributed by atoms with Gasteiger partial charge in [0, 0.05) is 0 Å². The van der Waals surface area contributed by atoms with E-state index < -0.39 is 11.7 Å². The number of hydrogen-bond donors (Lipinski definition) is 2. The van der Waals surface area contributed by atoms with Gasteiger partial charge < -0.3 is 10.6 Å². The average Bonchev–Trinajstić information content (AvgIpc) is 2.47. The molecule has 2 unspecified atom stereocenters. The summed E-state index contributed by atoms with van der Waals surface area (Å²) in [7, 11) is 0. The molecule has 6 heteroatoms. The van der Waals surface area contributed by atoms with Crippen molar-refractivity contribution in [1.82, 2.24) is 10.6 Å². The Balaban J connectivity index is 1.96. The van der Waals surface area contributed by atoms with Crippen molar-refractivity contribution in [3.8, 4) is 0 Å². The lowest BCUT2D eigenvalue weighted by Crippen LogP contribution is -2.47. The van der Waals surface area contributed by atoms with E-state index in [1.165, 1.54) is 12.1 Å². The second-order valence-electron chi connectivity index (χ2n) is 5.35. The Morgan fingerprint density at radius 1 is 1.29 bits per heavy atom. The first-order valence-electron chi connectivity index (χ1n) is 7.09. The first kappa shape index (κ1) is 15.8. The minimum absolute atomic E-state index is 0.0953. The summed E-state index contributed by atoms with van der Waals surface area (Å²) in [5.74, 6) is -0.0953. The Morgan fingerprint density at radius 3 is 2.48 bits per heavy atom. The fourth-order valence-corrected chi connectivity index (χ4v) is 2.43. The highest BCUT2D eigenvalue weighted by molar-refractivity contribution is 5.82. The lowest BCUT2D eigenvalue weighted by Gasteiger charge is -2.24. The maximum atomic E-state index is 12.5. The van der Waals surface area contributed by atoms with Gasteiger partial charge in [0.15, 0.2) is 0 Å². The summed E-state index contributed by atoms with van der Waals surface area (Å²) in [5, 5.41) is 5.99. The molecule has 3 nitrogen and oxygen atoms in total. The molecule has 1 fully saturated rings. The van der Waals surface area contributed by atoms with Crippen LogP contribution in [0, 0.1) is 0 Å². The van der Waals surface area contributed by atoms with Gasteiger partial charge in [0.25, 0.3) is 0 Å². The number of benzene rings is 1. The number of rotatable bonds is 3. The first-order chi connectivity index (χ1) is 9.88. The number of amides is 1. The zero-order valence-electron chi connectivity index (χ0n) is 11.8. The molecule has 1 heterocycles. The van der Waals surface area contributed by atoms with E-state index >= 15 is 0 Å². The molecule has 1 aliphatic heterocycles. The molecule has 1 aromatic carbocycles. The number of halogens is 3. The number of nitrogens with one attached hydrogen (secondary N) is 2. The van der Waals surface area contributed by atoms with Gasteiger partial charge in [-0.15, -0.1) is 0 Å². The first-order valence-corrected chi connectivity index (χ1v) is 7.09. The SMILES string of the molecule is CC(NC(=O)C1CCCCN1)c1ccc(C(F)(F)F)cc1. The van der Waals surface area contributed by atoms with Crippen molar-refractivity contribution in [1.29, 1.82) is 0 Å². The van der Waals surface area contributed by atoms with Gasteiger partial charge in [-0.2, -0.15) is 13.2 Å². The highest BCUT2D eigenvalue weighted by atomic mass is 19.4. The normalized spacial score (nSPS) is 20.9. The Kier molecular flexibility index (Phi) is 4.88. The van der Waals surface area contributed by atoms with Gasteiger partial charge in [-0.3, -0.25) is 4.79 Å². The van der Waals surface area contributed by atoms with Crippen LogP contribution in [0.4, 0.5) is 13.2 Å². The molecule has 2 atom stereocenters. The standard InChI is InChI=1S/C15H19F3N2O/c1-10(20-14(21)13-4-2-3-9-19-13)11-5-7-12(8-6-11)15(16,17)18/h5-8,10,13,19H,2-4,9H2,1H3,(H,20,21). The zero-order chi connectivity index (χ0) is 15.5. The van der Waals surface area contributed by atoms with Gasteiger partial charge in [-0.25, -0.2) is 0 Å². The predicted octanol–water partition coefficient (Wildman–Crippen LogP) is 3.02. The fraction of sp³-hybridized carbons (Fsp3) is 0.533. The third kappa shape index (κ3) is 4.20. The van der Waals surface area contributed by atoms with Crippen LogP contribution in [0.3, 0.4) is 0 Å². The highest BCUT2D eigenvalue weighted by Crippen LogP contribution is 2.29. The molecule has 2 N–H and O–H groups in total. The Morgan fingerprint density at radius 2 is 1.95 bits per heavy atom. The molecular formula is C15H19F3N2O. The fourth-order valence-electron chi connectivity index (χ4n) is 2.43. The van der Waals surface area contributed by atoms with Crippen molar-refractivity contribution in [3.05, 3.63) is 35.4 Å². The number of carbonyl (C=O) groups excluding carboxylic acids is 1. The molecule has 0 aromatic heterocycles. The summed E-state index contributed by atoms with van der Waals surface area (Å²) in [5.41, 5.74) is -0.0223. The predicted molar refractivity (Wildman–Crippen MR) is 73.6 cm³/mol. The minimum atomic E-state index is -4.34. The van der Waals surface area contributed by atoms with E-state index in [1.54, 1.807) is 6.92 Å². The molecule has 21 heavy (non-hydrogen) atoms. The average molecular weight is 300 g/mol. The summed E-state index contributed by atoms with van der Waals surface area (Å²) in [4.78, 5) is 12.1. The summed E-state index contributed by atoms with van der Waals surface area (Å²) in [6, 6.07) is 4.37. The Hall–Kier alpha value is -1.56. The summed E-state index contributed by atoms with van der Waals surface area (Å²) >= 11 is 0. The number of alkyl halides is 3. The summed E-state index contributed by atoms with van der Waals surface area (Å²) in [6.45, 7) is 2.59. The molecule has 2 rings (SSSR count). The van der Waals surface area contributed by atoms with Crippen LogP contribution in [-0.2, 0) is 11.0 Å². The number of hydrogen-bond acceptors (Lipinski definition) is 2. The van der Waals surface area contributed by atoms with Crippen LogP contribution < -0.4 is 10.6 Å². The van der Waals surface area contributed by atoms with Gasteiger partial charge in [0.05, 0.1) is 17.6 Å². The maximum Gasteiger partial charge on any atom is 0.416 e. The third-order valence-corrected chi connectivity index (χ3v) is 3.72. The lowest BCUT2D eigenvalue weighted by atomic mass is 10.0. The maximum absolute atomic E-state index is 12.5. The number of piperidine rings is 1. The highest BCUT2D eigenvalue weighted by Gasteiger charge is 2.30. The van der Waals surface area contributed by atoms with Crippen LogP contribution in [0.1, 0.15) is 43.4 Å². The van der Waals surface area contributed by atoms with E-state index in [2.05, 4.69) is 10.6 Å². The van der Waals surface area contributed by atoms with Crippen molar-refractivity contribution in [2.24, 2.45) is 0 Å². The van der Waals surface area contributed by atoms with E-state index in [0.29, 0.717) is 5.56 Å². The molecule has 1 amide bonds. The van der Waals surface area contributed by atoms with Crippen molar-refractivity contribution in [2.75, 3.05) is 6.54 Å². The van der Waals surface area contributed by atoms with Crippen LogP contribution in [0.2, 0.25) is 0 Å². The van der Waals surface area contributed by atoms with E-state index in [0.717, 1.165) is 37.9 Å². The van der Waals surface area contributed by atoms with Gasteiger partial charge in [0.1, 0.15) is 0 Å². The zero-order valence-corrected chi connectivity index (χ0v) is 11.8.